The summed E-state index contributed by atoms with van der Waals surface area (Å²) in [5.74, 6) is 2.84. The second-order valence-electron chi connectivity index (χ2n) is 17.0. The second kappa shape index (κ2) is 15.0. The van der Waals surface area contributed by atoms with Crippen molar-refractivity contribution in [1.82, 2.24) is 44.6 Å². The molecule has 0 spiro atoms. The van der Waals surface area contributed by atoms with Gasteiger partial charge in [0.1, 0.15) is 23.2 Å². The monoisotopic (exact) mass is 823 g/mol. The van der Waals surface area contributed by atoms with Gasteiger partial charge in [-0.05, 0) is 87.7 Å². The number of imidazole rings is 2. The number of ether oxygens (including phenoxy) is 1. The Morgan fingerprint density at radius 3 is 2.59 bits per heavy atom. The van der Waals surface area contributed by atoms with E-state index in [9.17, 15) is 9.59 Å². The number of H-pyrrole nitrogens is 2. The molecule has 304 valence electrons. The number of likely N-dealkylation sites (tertiary alicyclic amines) is 1. The van der Waals surface area contributed by atoms with E-state index < -0.39 is 22.1 Å². The minimum absolute atomic E-state index is 0.0697. The maximum absolute atomic E-state index is 16.7. The van der Waals surface area contributed by atoms with Crippen molar-refractivity contribution < 1.29 is 18.7 Å². The summed E-state index contributed by atoms with van der Waals surface area (Å²) in [6.07, 6.45) is 16.3. The van der Waals surface area contributed by atoms with Gasteiger partial charge in [0.2, 0.25) is 18.5 Å². The molecule has 1 aliphatic carbocycles. The van der Waals surface area contributed by atoms with Crippen LogP contribution in [0.15, 0.2) is 55.0 Å². The number of likely N-dealkylation sites (N-methyl/N-ethyl adjacent to an activating group) is 1. The molecular weight excluding hydrogens is 774 g/mol. The Kier molecular flexibility index (Phi) is 9.96. The number of halogens is 1. The van der Waals surface area contributed by atoms with Crippen LogP contribution in [0.25, 0.3) is 44.7 Å². The fraction of sp³-hybridized carbons (Fsp3) is 0.419. The van der Waals surface area contributed by atoms with E-state index in [0.717, 1.165) is 69.8 Å². The summed E-state index contributed by atoms with van der Waals surface area (Å²) < 4.78 is 25.6. The molecule has 6 aromatic rings. The number of amides is 2. The Balaban J connectivity index is 1.06. The Morgan fingerprint density at radius 1 is 1.05 bits per heavy atom. The number of thiazole rings is 1. The van der Waals surface area contributed by atoms with Gasteiger partial charge in [-0.25, -0.2) is 29.4 Å². The Labute approximate surface area is 342 Å². The van der Waals surface area contributed by atoms with E-state index in [-0.39, 0.29) is 23.9 Å². The summed E-state index contributed by atoms with van der Waals surface area (Å²) in [6, 6.07) is 11.2. The van der Waals surface area contributed by atoms with E-state index in [1.165, 1.54) is 6.07 Å². The van der Waals surface area contributed by atoms with E-state index >= 15 is 4.39 Å². The summed E-state index contributed by atoms with van der Waals surface area (Å²) in [5.41, 5.74) is 5.05. The summed E-state index contributed by atoms with van der Waals surface area (Å²) in [7, 11) is 0.912. The number of hydrogen-bond donors (Lipinski definition) is 3. The number of rotatable bonds is 13. The molecule has 2 aliphatic heterocycles. The summed E-state index contributed by atoms with van der Waals surface area (Å²) in [6.45, 7) is 5.16. The standard InChI is InChI=1S/C43H50FN9O3S2/c1-24(2)39(45-3)42(55)52-13-7-8-33(52)40-47-19-31(50-40)27-15-29(44)38-34-16-28-14-26(30-18-46-37(49-30)21-51(22-54)23-58(4,5)6)11-12-32(28)53(34)43(56-35(38)17-27)36-20-48-41(57-36)25-9-10-25/h11-12,14-20,22,24-25,33,39,43,45H,7-10,13,21,23H2,1-6H3,(H,46,49)(H,47,50)/t33?,39-,43?/m0/s1. The second-order valence-corrected chi connectivity index (χ2v) is 22.6. The van der Waals surface area contributed by atoms with E-state index in [1.807, 2.05) is 50.2 Å². The van der Waals surface area contributed by atoms with Crippen molar-refractivity contribution in [3.05, 3.63) is 82.3 Å². The first-order chi connectivity index (χ1) is 27.9. The molecule has 3 aliphatic rings. The summed E-state index contributed by atoms with van der Waals surface area (Å²) in [4.78, 5) is 51.0. The maximum Gasteiger partial charge on any atom is 0.240 e. The highest BCUT2D eigenvalue weighted by molar-refractivity contribution is 8.32. The molecule has 1 saturated carbocycles. The van der Waals surface area contributed by atoms with Gasteiger partial charge in [0.15, 0.2) is 0 Å². The molecule has 3 atom stereocenters. The van der Waals surface area contributed by atoms with E-state index in [0.29, 0.717) is 59.1 Å². The van der Waals surface area contributed by atoms with Crippen molar-refractivity contribution in [1.29, 1.82) is 0 Å². The Hall–Kier alpha value is -4.99. The molecule has 1 saturated heterocycles. The number of nitrogens with one attached hydrogen (secondary N) is 3. The molecule has 0 bridgehead atoms. The first-order valence-electron chi connectivity index (χ1n) is 19.9. The van der Waals surface area contributed by atoms with Crippen LogP contribution in [0.2, 0.25) is 0 Å². The van der Waals surface area contributed by atoms with Crippen LogP contribution in [0.1, 0.15) is 79.3 Å². The van der Waals surface area contributed by atoms with Crippen LogP contribution >= 0.6 is 21.4 Å². The molecule has 2 amide bonds. The summed E-state index contributed by atoms with van der Waals surface area (Å²) >= 11 is 1.66. The fourth-order valence-electron chi connectivity index (χ4n) is 8.50. The van der Waals surface area contributed by atoms with Crippen molar-refractivity contribution in [3.63, 3.8) is 0 Å². The average Bonchev–Trinajstić information content (AvgIpc) is 3.76. The zero-order valence-electron chi connectivity index (χ0n) is 33.7. The highest BCUT2D eigenvalue weighted by atomic mass is 32.3. The predicted molar refractivity (Wildman–Crippen MR) is 229 cm³/mol. The number of aromatic amines is 2. The average molecular weight is 824 g/mol. The van der Waals surface area contributed by atoms with Crippen LogP contribution in [-0.2, 0) is 16.1 Å². The number of carbonyl (C=O) groups excluding carboxylic acids is 2. The molecule has 6 heterocycles. The predicted octanol–water partition coefficient (Wildman–Crippen LogP) is 8.02. The highest BCUT2D eigenvalue weighted by Gasteiger charge is 2.37. The van der Waals surface area contributed by atoms with Gasteiger partial charge in [0.05, 0.1) is 74.9 Å². The topological polar surface area (TPSA) is 137 Å². The third kappa shape index (κ3) is 7.21. The van der Waals surface area contributed by atoms with Crippen LogP contribution in [0.3, 0.4) is 0 Å². The van der Waals surface area contributed by atoms with E-state index in [4.69, 9.17) is 14.7 Å². The van der Waals surface area contributed by atoms with Crippen LogP contribution in [-0.4, -0.2) is 95.9 Å². The smallest absolute Gasteiger partial charge is 0.240 e. The molecule has 0 radical (unpaired) electrons. The molecule has 9 rings (SSSR count). The molecule has 12 nitrogen and oxygen atoms in total. The lowest BCUT2D eigenvalue weighted by molar-refractivity contribution is -0.135. The van der Waals surface area contributed by atoms with Crippen LogP contribution in [0.4, 0.5) is 4.39 Å². The summed E-state index contributed by atoms with van der Waals surface area (Å²) in [5, 5.41) is 5.22. The third-order valence-electron chi connectivity index (χ3n) is 11.3. The largest absolute Gasteiger partial charge is 0.464 e. The molecular formula is C43H50FN9O3S2. The van der Waals surface area contributed by atoms with Gasteiger partial charge in [-0.1, -0.05) is 19.9 Å². The van der Waals surface area contributed by atoms with Gasteiger partial charge in [-0.3, -0.25) is 14.2 Å². The normalized spacial score (nSPS) is 18.7. The van der Waals surface area contributed by atoms with Crippen LogP contribution < -0.4 is 10.1 Å². The van der Waals surface area contributed by atoms with Gasteiger partial charge in [-0.2, -0.15) is 0 Å². The third-order valence-corrected chi connectivity index (χ3v) is 13.6. The number of carbonyl (C=O) groups is 2. The zero-order chi connectivity index (χ0) is 40.5. The number of benzene rings is 2. The molecule has 58 heavy (non-hydrogen) atoms. The number of fused-ring (bicyclic) bond motifs is 5. The molecule has 2 unspecified atom stereocenters. The molecule has 2 aromatic carbocycles. The quantitative estimate of drug-likeness (QED) is 0.100. The van der Waals surface area contributed by atoms with Gasteiger partial charge >= 0.3 is 0 Å². The molecule has 15 heteroatoms. The van der Waals surface area contributed by atoms with Crippen molar-refractivity contribution in [2.45, 2.75) is 70.3 Å². The molecule has 4 aromatic heterocycles. The highest BCUT2D eigenvalue weighted by Crippen LogP contribution is 2.50. The van der Waals surface area contributed by atoms with Crippen molar-refractivity contribution >= 4 is 44.6 Å². The van der Waals surface area contributed by atoms with Crippen molar-refractivity contribution in [2.75, 3.05) is 38.2 Å². The molecule has 2 fully saturated rings. The Morgan fingerprint density at radius 2 is 1.84 bits per heavy atom. The number of hydrogen-bond acceptors (Lipinski definition) is 8. The van der Waals surface area contributed by atoms with Gasteiger partial charge in [-0.15, -0.1) is 11.3 Å². The minimum atomic E-state index is -0.913. The lowest BCUT2D eigenvalue weighted by Crippen LogP contribution is -2.47. The van der Waals surface area contributed by atoms with Crippen molar-refractivity contribution in [2.24, 2.45) is 5.92 Å². The van der Waals surface area contributed by atoms with E-state index in [1.54, 1.807) is 28.6 Å². The maximum atomic E-state index is 16.7. The Bertz CT molecular complexity index is 2510. The zero-order valence-corrected chi connectivity index (χ0v) is 35.3. The SMILES string of the molecule is CN[C@H](C(=O)N1CCCC1c1ncc(-c2cc(F)c3c(c2)OC(c2cnc(C4CC4)s2)n2c-3cc3cc(-c4cnc(CN(C=O)CS(C)(C)C)[nH]4)ccc32)[nH]1)C(C)C. The van der Waals surface area contributed by atoms with Gasteiger partial charge in [0.25, 0.3) is 0 Å². The van der Waals surface area contributed by atoms with E-state index in [2.05, 4.69) is 55.7 Å². The first-order valence-corrected chi connectivity index (χ1v) is 23.8. The van der Waals surface area contributed by atoms with Gasteiger partial charge in [0, 0.05) is 35.2 Å². The van der Waals surface area contributed by atoms with Crippen LogP contribution in [0.5, 0.6) is 5.75 Å². The lowest BCUT2D eigenvalue weighted by atomic mass is 10.0. The fourth-order valence-corrected chi connectivity index (χ4v) is 10.8. The van der Waals surface area contributed by atoms with Gasteiger partial charge < -0.3 is 29.8 Å². The lowest BCUT2D eigenvalue weighted by Gasteiger charge is -2.30. The number of nitrogens with zero attached hydrogens (tertiary/aromatic N) is 6. The first kappa shape index (κ1) is 38.5. The minimum Gasteiger partial charge on any atom is -0.464 e. The number of aromatic nitrogens is 6. The van der Waals surface area contributed by atoms with Crippen LogP contribution in [0, 0.1) is 11.7 Å². The van der Waals surface area contributed by atoms with Crippen molar-refractivity contribution in [3.8, 4) is 39.5 Å². The molecule has 3 N–H and O–H groups in total.